The van der Waals surface area contributed by atoms with Crippen molar-refractivity contribution < 1.29 is 18.7 Å². The molecule has 0 saturated heterocycles. The Hall–Kier alpha value is -3.51. The van der Waals surface area contributed by atoms with Gasteiger partial charge in [-0.25, -0.2) is 5.53 Å². The molecule has 3 heterocycles. The van der Waals surface area contributed by atoms with E-state index in [1.54, 1.807) is 18.2 Å². The first-order valence-corrected chi connectivity index (χ1v) is 9.01. The number of nitrogens with zero attached hydrogens (tertiary/aromatic N) is 4. The minimum absolute atomic E-state index is 0.000879. The summed E-state index contributed by atoms with van der Waals surface area (Å²) in [5, 5.41) is 19.7. The van der Waals surface area contributed by atoms with Crippen molar-refractivity contribution in [1.29, 1.82) is 0 Å². The predicted molar refractivity (Wildman–Crippen MR) is 99.0 cm³/mol. The van der Waals surface area contributed by atoms with E-state index in [4.69, 9.17) is 13.9 Å². The molecule has 4 rings (SSSR count). The van der Waals surface area contributed by atoms with Gasteiger partial charge in [0.25, 0.3) is 11.8 Å². The van der Waals surface area contributed by atoms with E-state index in [1.165, 1.54) is 18.4 Å². The number of nitrogens with one attached hydrogen (secondary N) is 3. The Labute approximate surface area is 162 Å². The molecule has 1 unspecified atom stereocenters. The van der Waals surface area contributed by atoms with Gasteiger partial charge in [0.2, 0.25) is 0 Å². The maximum atomic E-state index is 12.6. The Morgan fingerprint density at radius 1 is 1.36 bits per heavy atom. The van der Waals surface area contributed by atoms with Crippen LogP contribution in [-0.4, -0.2) is 36.0 Å². The summed E-state index contributed by atoms with van der Waals surface area (Å²) in [6.45, 7) is 0.263. The van der Waals surface area contributed by atoms with Crippen molar-refractivity contribution in [2.24, 2.45) is 10.3 Å². The molecule has 1 aromatic carbocycles. The standard InChI is InChI=1S/C16H15N7O4S/c1-25-11-7-9(26-8-13-18-22-23-19-13)4-5-10(11)14(24)17-16-21-20-15(27-16)12-3-2-6-28-12/h2-7,13H,8H2,1H3,(H,18,23)(H,19,22)(H,17,21,24). The summed E-state index contributed by atoms with van der Waals surface area (Å²) < 4.78 is 16.4. The average Bonchev–Trinajstić information content (AvgIpc) is 3.48. The number of benzene rings is 1. The number of carbonyl (C=O) groups excluding carboxylic acids is 1. The lowest BCUT2D eigenvalue weighted by Crippen LogP contribution is -2.34. The number of ether oxygens (including phenoxy) is 2. The van der Waals surface area contributed by atoms with Crippen LogP contribution in [0.1, 0.15) is 10.4 Å². The lowest BCUT2D eigenvalue weighted by Gasteiger charge is -2.12. The van der Waals surface area contributed by atoms with Gasteiger partial charge in [-0.15, -0.1) is 21.5 Å². The van der Waals surface area contributed by atoms with E-state index in [0.717, 1.165) is 4.88 Å². The molecule has 144 valence electrons. The van der Waals surface area contributed by atoms with Gasteiger partial charge in [-0.1, -0.05) is 16.4 Å². The molecular weight excluding hydrogens is 386 g/mol. The summed E-state index contributed by atoms with van der Waals surface area (Å²) in [6.07, 6.45) is -0.288. The average molecular weight is 401 g/mol. The summed E-state index contributed by atoms with van der Waals surface area (Å²) in [5.41, 5.74) is 5.62. The molecule has 0 bridgehead atoms. The number of thiophene rings is 1. The Morgan fingerprint density at radius 3 is 3.04 bits per heavy atom. The van der Waals surface area contributed by atoms with Crippen LogP contribution in [-0.2, 0) is 0 Å². The zero-order valence-electron chi connectivity index (χ0n) is 14.6. The van der Waals surface area contributed by atoms with Gasteiger partial charge >= 0.3 is 6.01 Å². The number of hydrogen-bond donors (Lipinski definition) is 3. The van der Waals surface area contributed by atoms with Gasteiger partial charge in [0.15, 0.2) is 6.17 Å². The fraction of sp³-hybridized carbons (Fsp3) is 0.188. The van der Waals surface area contributed by atoms with E-state index in [0.29, 0.717) is 23.0 Å². The van der Waals surface area contributed by atoms with Crippen molar-refractivity contribution in [3.8, 4) is 22.3 Å². The number of methoxy groups -OCH3 is 1. The fourth-order valence-corrected chi connectivity index (χ4v) is 3.01. The Bertz CT molecular complexity index is 989. The molecule has 0 fully saturated rings. The third kappa shape index (κ3) is 3.92. The normalized spacial score (nSPS) is 15.2. The molecule has 1 aliphatic heterocycles. The second kappa shape index (κ2) is 8.02. The first-order chi connectivity index (χ1) is 13.7. The number of hydrogen-bond acceptors (Lipinski definition) is 11. The second-order valence-electron chi connectivity index (χ2n) is 5.50. The molecule has 3 N–H and O–H groups in total. The Morgan fingerprint density at radius 2 is 2.29 bits per heavy atom. The van der Waals surface area contributed by atoms with Gasteiger partial charge in [0, 0.05) is 6.07 Å². The van der Waals surface area contributed by atoms with Crippen molar-refractivity contribution in [3.63, 3.8) is 0 Å². The topological polar surface area (TPSA) is 135 Å². The first kappa shape index (κ1) is 17.9. The molecule has 1 amide bonds. The second-order valence-corrected chi connectivity index (χ2v) is 6.45. The quantitative estimate of drug-likeness (QED) is 0.548. The van der Waals surface area contributed by atoms with E-state index in [9.17, 15) is 4.79 Å². The van der Waals surface area contributed by atoms with Crippen LogP contribution in [0.5, 0.6) is 11.5 Å². The number of rotatable bonds is 7. The summed E-state index contributed by atoms with van der Waals surface area (Å²) in [5.74, 6) is 0.760. The van der Waals surface area contributed by atoms with Crippen LogP contribution >= 0.6 is 11.3 Å². The van der Waals surface area contributed by atoms with Crippen LogP contribution in [0, 0.1) is 0 Å². The van der Waals surface area contributed by atoms with E-state index < -0.39 is 5.91 Å². The molecule has 12 heteroatoms. The van der Waals surface area contributed by atoms with E-state index in [-0.39, 0.29) is 18.8 Å². The van der Waals surface area contributed by atoms with Crippen LogP contribution < -0.4 is 25.8 Å². The highest BCUT2D eigenvalue weighted by atomic mass is 32.1. The first-order valence-electron chi connectivity index (χ1n) is 8.13. The van der Waals surface area contributed by atoms with Gasteiger partial charge in [-0.3, -0.25) is 10.1 Å². The molecule has 0 aliphatic carbocycles. The third-order valence-corrected chi connectivity index (χ3v) is 4.54. The van der Waals surface area contributed by atoms with Crippen molar-refractivity contribution in [1.82, 2.24) is 21.2 Å². The lowest BCUT2D eigenvalue weighted by molar-refractivity contribution is 0.102. The molecule has 28 heavy (non-hydrogen) atoms. The van der Waals surface area contributed by atoms with Gasteiger partial charge in [0.1, 0.15) is 18.1 Å². The minimum Gasteiger partial charge on any atom is -0.496 e. The smallest absolute Gasteiger partial charge is 0.322 e. The van der Waals surface area contributed by atoms with Crippen molar-refractivity contribution in [3.05, 3.63) is 41.3 Å². The maximum absolute atomic E-state index is 12.6. The summed E-state index contributed by atoms with van der Waals surface area (Å²) in [4.78, 5) is 13.4. The zero-order valence-corrected chi connectivity index (χ0v) is 15.4. The number of amides is 1. The third-order valence-electron chi connectivity index (χ3n) is 3.68. The predicted octanol–water partition coefficient (Wildman–Crippen LogP) is 2.24. The van der Waals surface area contributed by atoms with Crippen LogP contribution in [0.2, 0.25) is 0 Å². The van der Waals surface area contributed by atoms with Gasteiger partial charge in [-0.05, 0) is 23.6 Å². The highest BCUT2D eigenvalue weighted by Gasteiger charge is 2.18. The van der Waals surface area contributed by atoms with E-state index in [2.05, 4.69) is 36.8 Å². The molecule has 2 aromatic heterocycles. The molecule has 1 atom stereocenters. The van der Waals surface area contributed by atoms with Crippen molar-refractivity contribution >= 4 is 23.3 Å². The summed E-state index contributed by atoms with van der Waals surface area (Å²) in [7, 11) is 1.47. The summed E-state index contributed by atoms with van der Waals surface area (Å²) >= 11 is 1.46. The van der Waals surface area contributed by atoms with Gasteiger partial charge in [-0.2, -0.15) is 5.43 Å². The molecule has 0 saturated carbocycles. The summed E-state index contributed by atoms with van der Waals surface area (Å²) in [6, 6.07) is 8.58. The number of aromatic nitrogens is 2. The maximum Gasteiger partial charge on any atom is 0.322 e. The molecule has 3 aromatic rings. The largest absolute Gasteiger partial charge is 0.496 e. The van der Waals surface area contributed by atoms with Crippen molar-refractivity contribution in [2.45, 2.75) is 6.17 Å². The highest BCUT2D eigenvalue weighted by Crippen LogP contribution is 2.27. The van der Waals surface area contributed by atoms with Crippen LogP contribution in [0.4, 0.5) is 6.01 Å². The van der Waals surface area contributed by atoms with Crippen LogP contribution in [0.3, 0.4) is 0 Å². The van der Waals surface area contributed by atoms with Crippen LogP contribution in [0.25, 0.3) is 10.8 Å². The SMILES string of the molecule is COc1cc(OCC2N=NNN2)ccc1C(=O)Nc1nnc(-c2cccs2)o1. The zero-order chi connectivity index (χ0) is 19.3. The number of hydrazine groups is 1. The molecular formula is C16H15N7O4S. The highest BCUT2D eigenvalue weighted by molar-refractivity contribution is 7.13. The Kier molecular flexibility index (Phi) is 5.12. The molecule has 0 radical (unpaired) electrons. The number of carbonyl (C=O) groups is 1. The minimum atomic E-state index is -0.444. The van der Waals surface area contributed by atoms with Gasteiger partial charge < -0.3 is 13.9 Å². The lowest BCUT2D eigenvalue weighted by atomic mass is 10.2. The molecule has 1 aliphatic rings. The molecule has 11 nitrogen and oxygen atoms in total. The number of anilines is 1. The van der Waals surface area contributed by atoms with E-state index in [1.807, 2.05) is 17.5 Å². The molecule has 0 spiro atoms. The Balaban J connectivity index is 1.43. The fourth-order valence-electron chi connectivity index (χ4n) is 2.37. The monoisotopic (exact) mass is 401 g/mol. The van der Waals surface area contributed by atoms with Gasteiger partial charge in [0.05, 0.1) is 17.6 Å². The van der Waals surface area contributed by atoms with E-state index >= 15 is 0 Å². The van der Waals surface area contributed by atoms with Crippen LogP contribution in [0.15, 0.2) is 50.5 Å². The van der Waals surface area contributed by atoms with Crippen molar-refractivity contribution in [2.75, 3.05) is 19.0 Å².